The summed E-state index contributed by atoms with van der Waals surface area (Å²) in [6.45, 7) is 2.73. The van der Waals surface area contributed by atoms with E-state index in [1.54, 1.807) is 17.1 Å². The molecule has 7 heteroatoms. The van der Waals surface area contributed by atoms with Gasteiger partial charge < -0.3 is 5.32 Å². The summed E-state index contributed by atoms with van der Waals surface area (Å²) in [4.78, 5) is 16.2. The Balaban J connectivity index is 1.46. The highest BCUT2D eigenvalue weighted by Gasteiger charge is 2.07. The van der Waals surface area contributed by atoms with Gasteiger partial charge >= 0.3 is 0 Å². The zero-order valence-electron chi connectivity index (χ0n) is 15.0. The molecule has 0 saturated carbocycles. The molecule has 1 amide bonds. The number of hydrogen-bond donors (Lipinski definition) is 1. The van der Waals surface area contributed by atoms with Crippen LogP contribution in [0.5, 0.6) is 0 Å². The SMILES string of the molecule is Cc1cc(CCC(=O)NCc2ncn(Cc3cccc(F)c3)n2)ccc1Br. The number of halogens is 2. The number of benzene rings is 2. The molecular formula is C20H20BrFN4O. The second-order valence-electron chi connectivity index (χ2n) is 6.35. The van der Waals surface area contributed by atoms with Crippen molar-refractivity contribution in [2.75, 3.05) is 0 Å². The number of nitrogens with zero attached hydrogens (tertiary/aromatic N) is 3. The molecule has 0 aliphatic rings. The molecule has 140 valence electrons. The molecule has 0 spiro atoms. The quantitative estimate of drug-likeness (QED) is 0.620. The summed E-state index contributed by atoms with van der Waals surface area (Å²) in [5, 5.41) is 7.14. The van der Waals surface area contributed by atoms with E-state index in [0.29, 0.717) is 25.2 Å². The van der Waals surface area contributed by atoms with Gasteiger partial charge in [-0.2, -0.15) is 5.10 Å². The lowest BCUT2D eigenvalue weighted by atomic mass is 10.1. The summed E-state index contributed by atoms with van der Waals surface area (Å²) in [5.41, 5.74) is 3.09. The summed E-state index contributed by atoms with van der Waals surface area (Å²) in [6, 6.07) is 12.4. The zero-order valence-corrected chi connectivity index (χ0v) is 16.5. The summed E-state index contributed by atoms with van der Waals surface area (Å²) in [6.07, 6.45) is 2.67. The zero-order chi connectivity index (χ0) is 19.2. The first-order valence-corrected chi connectivity index (χ1v) is 9.43. The lowest BCUT2D eigenvalue weighted by Crippen LogP contribution is -2.23. The maximum Gasteiger partial charge on any atom is 0.220 e. The average molecular weight is 431 g/mol. The van der Waals surface area contributed by atoms with Crippen LogP contribution in [0.2, 0.25) is 0 Å². The van der Waals surface area contributed by atoms with Gasteiger partial charge in [0.05, 0.1) is 13.1 Å². The van der Waals surface area contributed by atoms with Crippen molar-refractivity contribution in [2.24, 2.45) is 0 Å². The number of amides is 1. The van der Waals surface area contributed by atoms with Crippen LogP contribution in [-0.4, -0.2) is 20.7 Å². The number of nitrogens with one attached hydrogen (secondary N) is 1. The van der Waals surface area contributed by atoms with Crippen molar-refractivity contribution in [3.05, 3.63) is 81.6 Å². The Kier molecular flexibility index (Phi) is 6.34. The molecule has 1 aromatic heterocycles. The minimum Gasteiger partial charge on any atom is -0.349 e. The van der Waals surface area contributed by atoms with Crippen LogP contribution < -0.4 is 5.32 Å². The molecule has 0 aliphatic heterocycles. The van der Waals surface area contributed by atoms with Gasteiger partial charge in [-0.25, -0.2) is 14.1 Å². The minimum absolute atomic E-state index is 0.0444. The highest BCUT2D eigenvalue weighted by molar-refractivity contribution is 9.10. The average Bonchev–Trinajstić information content (AvgIpc) is 3.08. The molecule has 0 bridgehead atoms. The first-order valence-electron chi connectivity index (χ1n) is 8.64. The van der Waals surface area contributed by atoms with Crippen LogP contribution in [-0.2, 0) is 24.3 Å². The third kappa shape index (κ3) is 5.72. The number of carbonyl (C=O) groups excluding carboxylic acids is 1. The number of aryl methyl sites for hydroxylation is 2. The van der Waals surface area contributed by atoms with E-state index < -0.39 is 0 Å². The van der Waals surface area contributed by atoms with Crippen LogP contribution in [0.15, 0.2) is 53.3 Å². The Labute approximate surface area is 165 Å². The van der Waals surface area contributed by atoms with E-state index in [2.05, 4.69) is 37.4 Å². The van der Waals surface area contributed by atoms with E-state index in [1.807, 2.05) is 25.1 Å². The van der Waals surface area contributed by atoms with E-state index in [1.165, 1.54) is 12.1 Å². The lowest BCUT2D eigenvalue weighted by molar-refractivity contribution is -0.121. The molecule has 1 heterocycles. The Hall–Kier alpha value is -2.54. The lowest BCUT2D eigenvalue weighted by Gasteiger charge is -2.05. The Morgan fingerprint density at radius 1 is 1.22 bits per heavy atom. The van der Waals surface area contributed by atoms with E-state index in [-0.39, 0.29) is 18.3 Å². The summed E-state index contributed by atoms with van der Waals surface area (Å²) >= 11 is 3.47. The topological polar surface area (TPSA) is 59.8 Å². The highest BCUT2D eigenvalue weighted by Crippen LogP contribution is 2.17. The molecule has 0 fully saturated rings. The van der Waals surface area contributed by atoms with Crippen molar-refractivity contribution in [3.8, 4) is 0 Å². The molecule has 27 heavy (non-hydrogen) atoms. The van der Waals surface area contributed by atoms with E-state index in [0.717, 1.165) is 21.2 Å². The molecule has 0 aliphatic carbocycles. The second kappa shape index (κ2) is 8.90. The molecular weight excluding hydrogens is 411 g/mol. The number of aromatic nitrogens is 3. The molecule has 0 saturated heterocycles. The largest absolute Gasteiger partial charge is 0.349 e. The predicted molar refractivity (Wildman–Crippen MR) is 105 cm³/mol. The van der Waals surface area contributed by atoms with Gasteiger partial charge in [0.2, 0.25) is 5.91 Å². The molecule has 3 aromatic rings. The van der Waals surface area contributed by atoms with Crippen molar-refractivity contribution >= 4 is 21.8 Å². The van der Waals surface area contributed by atoms with E-state index in [9.17, 15) is 9.18 Å². The van der Waals surface area contributed by atoms with Gasteiger partial charge in [0.15, 0.2) is 5.82 Å². The molecule has 5 nitrogen and oxygen atoms in total. The Bertz CT molecular complexity index is 941. The second-order valence-corrected chi connectivity index (χ2v) is 7.20. The van der Waals surface area contributed by atoms with Crippen molar-refractivity contribution in [2.45, 2.75) is 32.9 Å². The van der Waals surface area contributed by atoms with Crippen molar-refractivity contribution in [1.29, 1.82) is 0 Å². The predicted octanol–water partition coefficient (Wildman–Crippen LogP) is 3.79. The third-order valence-corrected chi connectivity index (χ3v) is 5.01. The number of hydrogen-bond acceptors (Lipinski definition) is 3. The van der Waals surface area contributed by atoms with E-state index in [4.69, 9.17) is 0 Å². The molecule has 0 unspecified atom stereocenters. The molecule has 0 radical (unpaired) electrons. The smallest absolute Gasteiger partial charge is 0.220 e. The normalized spacial score (nSPS) is 10.8. The van der Waals surface area contributed by atoms with Gasteiger partial charge in [0, 0.05) is 10.9 Å². The molecule has 2 aromatic carbocycles. The maximum atomic E-state index is 13.2. The minimum atomic E-state index is -0.277. The van der Waals surface area contributed by atoms with E-state index >= 15 is 0 Å². The van der Waals surface area contributed by atoms with Crippen LogP contribution >= 0.6 is 15.9 Å². The van der Waals surface area contributed by atoms with Gasteiger partial charge in [-0.3, -0.25) is 4.79 Å². The van der Waals surface area contributed by atoms with Crippen LogP contribution in [0.3, 0.4) is 0 Å². The monoisotopic (exact) mass is 430 g/mol. The van der Waals surface area contributed by atoms with Crippen LogP contribution in [0.4, 0.5) is 4.39 Å². The summed E-state index contributed by atoms with van der Waals surface area (Å²) in [7, 11) is 0. The fourth-order valence-corrected chi connectivity index (χ4v) is 2.95. The fourth-order valence-electron chi connectivity index (χ4n) is 2.70. The number of rotatable bonds is 7. The van der Waals surface area contributed by atoms with Gasteiger partial charge in [-0.05, 0) is 48.2 Å². The number of carbonyl (C=O) groups is 1. The van der Waals surface area contributed by atoms with Crippen molar-refractivity contribution in [3.63, 3.8) is 0 Å². The van der Waals surface area contributed by atoms with Gasteiger partial charge in [0.25, 0.3) is 0 Å². The standard InChI is InChI=1S/C20H20BrFN4O/c1-14-9-15(5-7-18(14)21)6-8-20(27)23-11-19-24-13-26(25-19)12-16-3-2-4-17(22)10-16/h2-5,7,9-10,13H,6,8,11-12H2,1H3,(H,23,27). The van der Waals surface area contributed by atoms with Gasteiger partial charge in [0.1, 0.15) is 12.1 Å². The first kappa shape index (κ1) is 19.2. The van der Waals surface area contributed by atoms with Crippen LogP contribution in [0.25, 0.3) is 0 Å². The van der Waals surface area contributed by atoms with Crippen molar-refractivity contribution in [1.82, 2.24) is 20.1 Å². The molecule has 1 N–H and O–H groups in total. The Morgan fingerprint density at radius 2 is 2.07 bits per heavy atom. The third-order valence-electron chi connectivity index (χ3n) is 4.12. The molecule has 3 rings (SSSR count). The van der Waals surface area contributed by atoms with Crippen LogP contribution in [0, 0.1) is 12.7 Å². The fraction of sp³-hybridized carbons (Fsp3) is 0.250. The summed E-state index contributed by atoms with van der Waals surface area (Å²) < 4.78 is 15.9. The van der Waals surface area contributed by atoms with Crippen LogP contribution in [0.1, 0.15) is 28.9 Å². The highest BCUT2D eigenvalue weighted by atomic mass is 79.9. The maximum absolute atomic E-state index is 13.2. The van der Waals surface area contributed by atoms with Crippen molar-refractivity contribution < 1.29 is 9.18 Å². The van der Waals surface area contributed by atoms with Gasteiger partial charge in [-0.15, -0.1) is 0 Å². The first-order chi connectivity index (χ1) is 13.0. The van der Waals surface area contributed by atoms with Gasteiger partial charge in [-0.1, -0.05) is 40.2 Å². The molecule has 0 atom stereocenters. The Morgan fingerprint density at radius 3 is 2.85 bits per heavy atom. The summed E-state index contributed by atoms with van der Waals surface area (Å²) in [5.74, 6) is 0.206.